The maximum absolute atomic E-state index is 11.4. The zero-order valence-electron chi connectivity index (χ0n) is 11.1. The van der Waals surface area contributed by atoms with Crippen LogP contribution in [0.2, 0.25) is 0 Å². The Morgan fingerprint density at radius 1 is 1.58 bits per heavy atom. The molecule has 1 rings (SSSR count). The lowest BCUT2D eigenvalue weighted by atomic mass is 10.1. The Labute approximate surface area is 117 Å². The number of ketones is 1. The Bertz CT molecular complexity index is 477. The average molecular weight is 278 g/mol. The molecule has 0 spiro atoms. The predicted octanol–water partition coefficient (Wildman–Crippen LogP) is 2.29. The van der Waals surface area contributed by atoms with Crippen LogP contribution < -0.4 is 5.32 Å². The SMILES string of the molecule is CSCC(CCO)Nc1cc(C(C)=O)ccc1C#N. The highest BCUT2D eigenvalue weighted by Crippen LogP contribution is 2.20. The second kappa shape index (κ2) is 7.82. The summed E-state index contributed by atoms with van der Waals surface area (Å²) < 4.78 is 0. The van der Waals surface area contributed by atoms with Crippen molar-refractivity contribution < 1.29 is 9.90 Å². The monoisotopic (exact) mass is 278 g/mol. The van der Waals surface area contributed by atoms with Crippen molar-refractivity contribution in [2.24, 2.45) is 0 Å². The molecule has 0 aliphatic carbocycles. The van der Waals surface area contributed by atoms with Crippen molar-refractivity contribution >= 4 is 23.2 Å². The van der Waals surface area contributed by atoms with E-state index in [0.29, 0.717) is 23.2 Å². The van der Waals surface area contributed by atoms with Gasteiger partial charge in [0.1, 0.15) is 6.07 Å². The molecule has 0 radical (unpaired) electrons. The lowest BCUT2D eigenvalue weighted by Crippen LogP contribution is -2.24. The fourth-order valence-corrected chi connectivity index (χ4v) is 2.41. The third-order valence-corrected chi connectivity index (χ3v) is 3.49. The molecule has 0 saturated carbocycles. The summed E-state index contributed by atoms with van der Waals surface area (Å²) in [5, 5.41) is 21.4. The van der Waals surface area contributed by atoms with Crippen molar-refractivity contribution in [3.05, 3.63) is 29.3 Å². The van der Waals surface area contributed by atoms with Gasteiger partial charge in [-0.3, -0.25) is 4.79 Å². The number of carbonyl (C=O) groups is 1. The molecule has 0 aromatic heterocycles. The van der Waals surface area contributed by atoms with Crippen LogP contribution in [-0.2, 0) is 0 Å². The van der Waals surface area contributed by atoms with E-state index in [1.54, 1.807) is 30.0 Å². The van der Waals surface area contributed by atoms with Crippen molar-refractivity contribution in [2.75, 3.05) is 23.9 Å². The molecular formula is C14H18N2O2S. The highest BCUT2D eigenvalue weighted by atomic mass is 32.2. The zero-order valence-corrected chi connectivity index (χ0v) is 12.0. The number of rotatable bonds is 7. The average Bonchev–Trinajstić information content (AvgIpc) is 2.39. The van der Waals surface area contributed by atoms with E-state index in [0.717, 1.165) is 5.75 Å². The molecule has 4 nitrogen and oxygen atoms in total. The first-order chi connectivity index (χ1) is 9.12. The van der Waals surface area contributed by atoms with E-state index in [1.165, 1.54) is 6.92 Å². The molecular weight excluding hydrogens is 260 g/mol. The normalized spacial score (nSPS) is 11.7. The molecule has 1 atom stereocenters. The fourth-order valence-electron chi connectivity index (χ4n) is 1.75. The summed E-state index contributed by atoms with van der Waals surface area (Å²) in [6.07, 6.45) is 2.60. The number of carbonyl (C=O) groups excluding carboxylic acids is 1. The van der Waals surface area contributed by atoms with Gasteiger partial charge in [0, 0.05) is 24.0 Å². The second-order valence-corrected chi connectivity index (χ2v) is 5.15. The van der Waals surface area contributed by atoms with Gasteiger partial charge in [0.15, 0.2) is 5.78 Å². The molecule has 5 heteroatoms. The van der Waals surface area contributed by atoms with Crippen LogP contribution in [-0.4, -0.2) is 35.5 Å². The summed E-state index contributed by atoms with van der Waals surface area (Å²) in [4.78, 5) is 11.4. The van der Waals surface area contributed by atoms with Gasteiger partial charge in [-0.2, -0.15) is 17.0 Å². The Balaban J connectivity index is 2.99. The van der Waals surface area contributed by atoms with Crippen LogP contribution in [0.1, 0.15) is 29.3 Å². The van der Waals surface area contributed by atoms with Gasteiger partial charge in [-0.1, -0.05) is 0 Å². The van der Waals surface area contributed by atoms with Crippen molar-refractivity contribution in [3.63, 3.8) is 0 Å². The third kappa shape index (κ3) is 4.58. The smallest absolute Gasteiger partial charge is 0.159 e. The van der Waals surface area contributed by atoms with Gasteiger partial charge < -0.3 is 10.4 Å². The van der Waals surface area contributed by atoms with Gasteiger partial charge >= 0.3 is 0 Å². The highest BCUT2D eigenvalue weighted by molar-refractivity contribution is 7.98. The number of hydrogen-bond donors (Lipinski definition) is 2. The minimum absolute atomic E-state index is 0.0314. The molecule has 1 aromatic rings. The Morgan fingerprint density at radius 2 is 2.32 bits per heavy atom. The number of hydrogen-bond acceptors (Lipinski definition) is 5. The molecule has 0 saturated heterocycles. The van der Waals surface area contributed by atoms with Crippen LogP contribution in [0, 0.1) is 11.3 Å². The maximum atomic E-state index is 11.4. The number of nitriles is 1. The Hall–Kier alpha value is -1.51. The minimum Gasteiger partial charge on any atom is -0.396 e. The summed E-state index contributed by atoms with van der Waals surface area (Å²) in [6, 6.07) is 7.19. The van der Waals surface area contributed by atoms with Crippen molar-refractivity contribution in [1.82, 2.24) is 0 Å². The summed E-state index contributed by atoms with van der Waals surface area (Å²) >= 11 is 1.67. The predicted molar refractivity (Wildman–Crippen MR) is 78.7 cm³/mol. The number of nitrogens with one attached hydrogen (secondary N) is 1. The lowest BCUT2D eigenvalue weighted by molar-refractivity contribution is 0.101. The second-order valence-electron chi connectivity index (χ2n) is 4.24. The van der Waals surface area contributed by atoms with Gasteiger partial charge in [-0.25, -0.2) is 0 Å². The summed E-state index contributed by atoms with van der Waals surface area (Å²) in [6.45, 7) is 1.59. The van der Waals surface area contributed by atoms with Crippen LogP contribution in [0.3, 0.4) is 0 Å². The molecule has 1 aromatic carbocycles. The highest BCUT2D eigenvalue weighted by Gasteiger charge is 2.12. The molecule has 0 heterocycles. The Morgan fingerprint density at radius 3 is 2.84 bits per heavy atom. The van der Waals surface area contributed by atoms with Crippen LogP contribution in [0.25, 0.3) is 0 Å². The van der Waals surface area contributed by atoms with E-state index in [4.69, 9.17) is 10.4 Å². The van der Waals surface area contributed by atoms with Crippen molar-refractivity contribution in [2.45, 2.75) is 19.4 Å². The number of anilines is 1. The molecule has 0 aliphatic heterocycles. The minimum atomic E-state index is -0.0314. The van der Waals surface area contributed by atoms with Gasteiger partial charge in [-0.15, -0.1) is 0 Å². The quantitative estimate of drug-likeness (QED) is 0.749. The number of thioether (sulfide) groups is 1. The fraction of sp³-hybridized carbons (Fsp3) is 0.429. The van der Waals surface area contributed by atoms with E-state index in [1.807, 2.05) is 6.26 Å². The lowest BCUT2D eigenvalue weighted by Gasteiger charge is -2.19. The number of aliphatic hydroxyl groups is 1. The van der Waals surface area contributed by atoms with Crippen molar-refractivity contribution in [3.8, 4) is 6.07 Å². The molecule has 1 unspecified atom stereocenters. The number of benzene rings is 1. The standard InChI is InChI=1S/C14H18N2O2S/c1-10(18)11-3-4-12(8-15)14(7-11)16-13(5-6-17)9-19-2/h3-4,7,13,16-17H,5-6,9H2,1-2H3. The largest absolute Gasteiger partial charge is 0.396 e. The van der Waals surface area contributed by atoms with Gasteiger partial charge in [0.25, 0.3) is 0 Å². The van der Waals surface area contributed by atoms with E-state index in [-0.39, 0.29) is 18.4 Å². The summed E-state index contributed by atoms with van der Waals surface area (Å²) in [5.74, 6) is 0.798. The molecule has 0 bridgehead atoms. The summed E-state index contributed by atoms with van der Waals surface area (Å²) in [5.41, 5.74) is 1.74. The van der Waals surface area contributed by atoms with Gasteiger partial charge in [0.05, 0.1) is 11.3 Å². The zero-order chi connectivity index (χ0) is 14.3. The van der Waals surface area contributed by atoms with Crippen LogP contribution in [0.4, 0.5) is 5.69 Å². The van der Waals surface area contributed by atoms with E-state index in [2.05, 4.69) is 11.4 Å². The van der Waals surface area contributed by atoms with Crippen LogP contribution in [0.15, 0.2) is 18.2 Å². The molecule has 0 amide bonds. The number of Topliss-reactive ketones (excluding diaryl/α,β-unsaturated/α-hetero) is 1. The molecule has 2 N–H and O–H groups in total. The number of aliphatic hydroxyl groups excluding tert-OH is 1. The molecule has 102 valence electrons. The number of nitrogens with zero attached hydrogens (tertiary/aromatic N) is 1. The van der Waals surface area contributed by atoms with Gasteiger partial charge in [0.2, 0.25) is 0 Å². The Kier molecular flexibility index (Phi) is 6.40. The van der Waals surface area contributed by atoms with E-state index >= 15 is 0 Å². The summed E-state index contributed by atoms with van der Waals surface area (Å²) in [7, 11) is 0. The van der Waals surface area contributed by atoms with E-state index in [9.17, 15) is 4.79 Å². The van der Waals surface area contributed by atoms with Crippen molar-refractivity contribution in [1.29, 1.82) is 5.26 Å². The van der Waals surface area contributed by atoms with Crippen LogP contribution >= 0.6 is 11.8 Å². The maximum Gasteiger partial charge on any atom is 0.159 e. The third-order valence-electron chi connectivity index (χ3n) is 2.75. The first kappa shape index (κ1) is 15.5. The first-order valence-electron chi connectivity index (χ1n) is 6.03. The molecule has 0 aliphatic rings. The van der Waals surface area contributed by atoms with Gasteiger partial charge in [-0.05, 0) is 37.8 Å². The molecule has 19 heavy (non-hydrogen) atoms. The molecule has 0 fully saturated rings. The van der Waals surface area contributed by atoms with E-state index < -0.39 is 0 Å². The first-order valence-corrected chi connectivity index (χ1v) is 7.43. The van der Waals surface area contributed by atoms with Crippen LogP contribution in [0.5, 0.6) is 0 Å². The topological polar surface area (TPSA) is 73.1 Å².